The third kappa shape index (κ3) is 9.01. The highest BCUT2D eigenvalue weighted by Crippen LogP contribution is 2.15. The summed E-state index contributed by atoms with van der Waals surface area (Å²) in [6.07, 6.45) is 2.29. The Morgan fingerprint density at radius 2 is 1.89 bits per heavy atom. The van der Waals surface area contributed by atoms with Crippen LogP contribution in [0.2, 0.25) is 0 Å². The minimum Gasteiger partial charge on any atom is -0.459 e. The van der Waals surface area contributed by atoms with Crippen molar-refractivity contribution < 1.29 is 9.21 Å². The van der Waals surface area contributed by atoms with Crippen LogP contribution in [0.3, 0.4) is 0 Å². The molecule has 1 aromatic heterocycles. The molecule has 6 nitrogen and oxygen atoms in total. The maximum absolute atomic E-state index is 11.9. The molecule has 1 heterocycles. The fourth-order valence-electron chi connectivity index (χ4n) is 2.35. The molecule has 0 aliphatic heterocycles. The summed E-state index contributed by atoms with van der Waals surface area (Å²) in [7, 11) is 0. The van der Waals surface area contributed by atoms with Crippen molar-refractivity contribution in [3.63, 3.8) is 0 Å². The monoisotopic (exact) mass is 516 g/mol. The summed E-state index contributed by atoms with van der Waals surface area (Å²) in [6.45, 7) is 6.74. The summed E-state index contributed by atoms with van der Waals surface area (Å²) >= 11 is 1.81. The maximum Gasteiger partial charge on any atom is 0.287 e. The molecular weight excluding hydrogens is 487 g/mol. The van der Waals surface area contributed by atoms with Crippen LogP contribution < -0.4 is 16.0 Å². The van der Waals surface area contributed by atoms with Crippen molar-refractivity contribution in [2.75, 3.05) is 31.9 Å². The predicted octanol–water partition coefficient (Wildman–Crippen LogP) is 3.67. The number of thioether (sulfide) groups is 1. The fourth-order valence-corrected chi connectivity index (χ4v) is 3.14. The number of amides is 1. The molecule has 1 amide bonds. The van der Waals surface area contributed by atoms with Crippen LogP contribution in [-0.4, -0.2) is 43.8 Å². The second-order valence-corrected chi connectivity index (χ2v) is 7.06. The van der Waals surface area contributed by atoms with Gasteiger partial charge in [0.2, 0.25) is 0 Å². The topological polar surface area (TPSA) is 78.7 Å². The van der Waals surface area contributed by atoms with E-state index >= 15 is 0 Å². The molecule has 0 atom stereocenters. The number of guanidine groups is 1. The molecule has 0 fully saturated rings. The minimum absolute atomic E-state index is 0. The van der Waals surface area contributed by atoms with E-state index in [0.29, 0.717) is 18.8 Å². The SMILES string of the molecule is CCNC(=NCCCNC(=O)c1occc1C)NCCSc1ccccc1.I. The van der Waals surface area contributed by atoms with Gasteiger partial charge in [-0.1, -0.05) is 18.2 Å². The van der Waals surface area contributed by atoms with Crippen LogP contribution in [0.15, 0.2) is 57.0 Å². The van der Waals surface area contributed by atoms with Crippen molar-refractivity contribution >= 4 is 47.6 Å². The summed E-state index contributed by atoms with van der Waals surface area (Å²) in [5.41, 5.74) is 0.845. The molecule has 0 saturated carbocycles. The van der Waals surface area contributed by atoms with E-state index in [9.17, 15) is 4.79 Å². The highest BCUT2D eigenvalue weighted by molar-refractivity contribution is 14.0. The Kier molecular flexibility index (Phi) is 12.5. The number of hydrogen-bond donors (Lipinski definition) is 3. The lowest BCUT2D eigenvalue weighted by atomic mass is 10.2. The van der Waals surface area contributed by atoms with E-state index in [-0.39, 0.29) is 29.9 Å². The third-order valence-electron chi connectivity index (χ3n) is 3.71. The zero-order valence-electron chi connectivity index (χ0n) is 16.4. The van der Waals surface area contributed by atoms with E-state index in [4.69, 9.17) is 4.42 Å². The molecular formula is C20H29IN4O2S. The number of benzene rings is 1. The van der Waals surface area contributed by atoms with Gasteiger partial charge in [-0.2, -0.15) is 0 Å². The second kappa shape index (κ2) is 14.3. The van der Waals surface area contributed by atoms with E-state index in [0.717, 1.165) is 36.8 Å². The number of furan rings is 1. The van der Waals surface area contributed by atoms with Gasteiger partial charge in [-0.15, -0.1) is 35.7 Å². The first-order chi connectivity index (χ1) is 13.2. The number of rotatable bonds is 10. The largest absolute Gasteiger partial charge is 0.459 e. The zero-order chi connectivity index (χ0) is 19.3. The van der Waals surface area contributed by atoms with Crippen molar-refractivity contribution in [2.45, 2.75) is 25.2 Å². The van der Waals surface area contributed by atoms with Crippen LogP contribution in [0.5, 0.6) is 0 Å². The smallest absolute Gasteiger partial charge is 0.287 e. The Morgan fingerprint density at radius 3 is 2.57 bits per heavy atom. The van der Waals surface area contributed by atoms with Gasteiger partial charge < -0.3 is 20.4 Å². The summed E-state index contributed by atoms with van der Waals surface area (Å²) in [5, 5.41) is 9.43. The molecule has 2 rings (SSSR count). The lowest BCUT2D eigenvalue weighted by molar-refractivity contribution is 0.0925. The van der Waals surface area contributed by atoms with Crippen LogP contribution in [0.25, 0.3) is 0 Å². The van der Waals surface area contributed by atoms with Gasteiger partial charge in [0, 0.05) is 42.4 Å². The van der Waals surface area contributed by atoms with Gasteiger partial charge in [0.1, 0.15) is 0 Å². The quantitative estimate of drug-likeness (QED) is 0.148. The number of nitrogens with zero attached hydrogens (tertiary/aromatic N) is 1. The molecule has 0 saturated heterocycles. The van der Waals surface area contributed by atoms with E-state index in [2.05, 4.69) is 33.1 Å². The van der Waals surface area contributed by atoms with Gasteiger partial charge in [-0.25, -0.2) is 0 Å². The summed E-state index contributed by atoms with van der Waals surface area (Å²) in [4.78, 5) is 17.8. The molecule has 154 valence electrons. The molecule has 3 N–H and O–H groups in total. The fraction of sp³-hybridized carbons (Fsp3) is 0.400. The summed E-state index contributed by atoms with van der Waals surface area (Å²) in [5.74, 6) is 1.97. The molecule has 2 aromatic rings. The Labute approximate surface area is 188 Å². The first kappa shape index (κ1) is 24.4. The van der Waals surface area contributed by atoms with Crippen LogP contribution >= 0.6 is 35.7 Å². The highest BCUT2D eigenvalue weighted by Gasteiger charge is 2.11. The van der Waals surface area contributed by atoms with Gasteiger partial charge in [0.15, 0.2) is 11.7 Å². The predicted molar refractivity (Wildman–Crippen MR) is 127 cm³/mol. The number of nitrogens with one attached hydrogen (secondary N) is 3. The molecule has 0 bridgehead atoms. The van der Waals surface area contributed by atoms with Crippen LogP contribution in [0, 0.1) is 6.92 Å². The minimum atomic E-state index is -0.176. The lowest BCUT2D eigenvalue weighted by Gasteiger charge is -2.11. The van der Waals surface area contributed by atoms with Crippen LogP contribution in [-0.2, 0) is 0 Å². The van der Waals surface area contributed by atoms with Gasteiger partial charge in [0.25, 0.3) is 5.91 Å². The Morgan fingerprint density at radius 1 is 1.11 bits per heavy atom. The number of carbonyl (C=O) groups is 1. The summed E-state index contributed by atoms with van der Waals surface area (Å²) in [6, 6.07) is 12.1. The Balaban J connectivity index is 0.00000392. The van der Waals surface area contributed by atoms with Crippen LogP contribution in [0.4, 0.5) is 0 Å². The van der Waals surface area contributed by atoms with E-state index in [1.807, 2.05) is 43.8 Å². The van der Waals surface area contributed by atoms with Crippen molar-refractivity contribution in [3.8, 4) is 0 Å². The summed E-state index contributed by atoms with van der Waals surface area (Å²) < 4.78 is 5.18. The number of carbonyl (C=O) groups excluding carboxylic acids is 1. The average molecular weight is 516 g/mol. The lowest BCUT2D eigenvalue weighted by Crippen LogP contribution is -2.38. The van der Waals surface area contributed by atoms with Crippen molar-refractivity contribution in [3.05, 3.63) is 54.0 Å². The number of halogens is 1. The molecule has 28 heavy (non-hydrogen) atoms. The van der Waals surface area contributed by atoms with Crippen molar-refractivity contribution in [2.24, 2.45) is 4.99 Å². The molecule has 1 aromatic carbocycles. The average Bonchev–Trinajstić information content (AvgIpc) is 3.11. The number of hydrogen-bond acceptors (Lipinski definition) is 4. The molecule has 0 aliphatic carbocycles. The van der Waals surface area contributed by atoms with Gasteiger partial charge in [-0.05, 0) is 38.5 Å². The zero-order valence-corrected chi connectivity index (χ0v) is 19.5. The standard InChI is InChI=1S/C20H28N4O2S.HI/c1-3-21-20(24-13-15-27-17-8-5-4-6-9-17)23-12-7-11-22-19(25)18-16(2)10-14-26-18;/h4-6,8-10,14H,3,7,11-13,15H2,1-2H3,(H,22,25)(H2,21,23,24);1H. The van der Waals surface area contributed by atoms with E-state index in [1.54, 1.807) is 6.07 Å². The molecule has 8 heteroatoms. The third-order valence-corrected chi connectivity index (χ3v) is 4.72. The highest BCUT2D eigenvalue weighted by atomic mass is 127. The first-order valence-corrected chi connectivity index (χ1v) is 10.2. The molecule has 0 spiro atoms. The maximum atomic E-state index is 11.9. The molecule has 0 aliphatic rings. The second-order valence-electron chi connectivity index (χ2n) is 5.89. The van der Waals surface area contributed by atoms with E-state index < -0.39 is 0 Å². The Bertz CT molecular complexity index is 722. The number of aryl methyl sites for hydroxylation is 1. The van der Waals surface area contributed by atoms with Crippen LogP contribution in [0.1, 0.15) is 29.5 Å². The van der Waals surface area contributed by atoms with Crippen molar-refractivity contribution in [1.29, 1.82) is 0 Å². The molecule has 0 unspecified atom stereocenters. The van der Waals surface area contributed by atoms with Gasteiger partial charge in [0.05, 0.1) is 6.26 Å². The molecule has 0 radical (unpaired) electrons. The normalized spacial score (nSPS) is 10.9. The Hall–Kier alpha value is -1.68. The number of aliphatic imine (C=N–C) groups is 1. The van der Waals surface area contributed by atoms with Gasteiger partial charge in [-0.3, -0.25) is 9.79 Å². The van der Waals surface area contributed by atoms with Gasteiger partial charge >= 0.3 is 0 Å². The van der Waals surface area contributed by atoms with E-state index in [1.165, 1.54) is 11.2 Å². The van der Waals surface area contributed by atoms with Crippen molar-refractivity contribution in [1.82, 2.24) is 16.0 Å². The first-order valence-electron chi connectivity index (χ1n) is 9.23.